The maximum atomic E-state index is 11.3. The molecule has 13 heavy (non-hydrogen) atoms. The molecule has 2 atom stereocenters. The molecule has 0 aliphatic carbocycles. The summed E-state index contributed by atoms with van der Waals surface area (Å²) in [5.74, 6) is -0.0220. The molecule has 0 aromatic rings. The number of aliphatic hydroxyl groups excluding tert-OH is 1. The van der Waals surface area contributed by atoms with E-state index in [-0.39, 0.29) is 11.9 Å². The zero-order chi connectivity index (χ0) is 9.84. The van der Waals surface area contributed by atoms with Gasteiger partial charge in [0.25, 0.3) is 0 Å². The third-order valence-corrected chi connectivity index (χ3v) is 2.50. The van der Waals surface area contributed by atoms with E-state index in [1.807, 2.05) is 6.92 Å². The van der Waals surface area contributed by atoms with Crippen molar-refractivity contribution in [3.05, 3.63) is 0 Å². The van der Waals surface area contributed by atoms with Crippen molar-refractivity contribution in [2.45, 2.75) is 44.8 Å². The minimum absolute atomic E-state index is 0.0220. The number of piperidine rings is 1. The standard InChI is InChI=1S/C9H17NO3/c1-3-8(11)7-5-4-6-9(12)10(7)13-2/h7-8,11H,3-6H2,1-2H3/t7-,8-/m1/s1. The van der Waals surface area contributed by atoms with Crippen LogP contribution in [0.25, 0.3) is 0 Å². The van der Waals surface area contributed by atoms with Crippen LogP contribution in [0.3, 0.4) is 0 Å². The maximum Gasteiger partial charge on any atom is 0.246 e. The number of aliphatic hydroxyl groups is 1. The van der Waals surface area contributed by atoms with Gasteiger partial charge in [-0.2, -0.15) is 0 Å². The molecule has 0 aromatic carbocycles. The molecule has 4 heteroatoms. The molecule has 1 amide bonds. The maximum absolute atomic E-state index is 11.3. The first-order valence-corrected chi connectivity index (χ1v) is 4.75. The molecule has 0 aromatic heterocycles. The van der Waals surface area contributed by atoms with E-state index < -0.39 is 6.10 Å². The van der Waals surface area contributed by atoms with Crippen LogP contribution in [0.5, 0.6) is 0 Å². The monoisotopic (exact) mass is 187 g/mol. The molecule has 1 aliphatic heterocycles. The van der Waals surface area contributed by atoms with Gasteiger partial charge in [0.05, 0.1) is 19.3 Å². The molecule has 0 bridgehead atoms. The summed E-state index contributed by atoms with van der Waals surface area (Å²) in [6, 6.07) is -0.156. The Bertz CT molecular complexity index is 184. The lowest BCUT2D eigenvalue weighted by atomic mass is 9.97. The third kappa shape index (κ3) is 2.19. The highest BCUT2D eigenvalue weighted by Gasteiger charge is 2.32. The van der Waals surface area contributed by atoms with Crippen molar-refractivity contribution in [1.82, 2.24) is 5.06 Å². The van der Waals surface area contributed by atoms with Gasteiger partial charge in [0.15, 0.2) is 0 Å². The third-order valence-electron chi connectivity index (χ3n) is 2.50. The van der Waals surface area contributed by atoms with Gasteiger partial charge in [0, 0.05) is 6.42 Å². The molecule has 1 N–H and O–H groups in total. The fraction of sp³-hybridized carbons (Fsp3) is 0.889. The van der Waals surface area contributed by atoms with Crippen molar-refractivity contribution in [3.63, 3.8) is 0 Å². The van der Waals surface area contributed by atoms with Gasteiger partial charge in [-0.3, -0.25) is 9.63 Å². The van der Waals surface area contributed by atoms with Gasteiger partial charge in [-0.05, 0) is 19.3 Å². The fourth-order valence-corrected chi connectivity index (χ4v) is 1.73. The van der Waals surface area contributed by atoms with Crippen LogP contribution in [0.15, 0.2) is 0 Å². The smallest absolute Gasteiger partial charge is 0.246 e. The van der Waals surface area contributed by atoms with Crippen LogP contribution in [0.2, 0.25) is 0 Å². The highest BCUT2D eigenvalue weighted by atomic mass is 16.7. The number of rotatable bonds is 3. The van der Waals surface area contributed by atoms with Crippen molar-refractivity contribution < 1.29 is 14.7 Å². The van der Waals surface area contributed by atoms with Crippen LogP contribution in [-0.2, 0) is 9.63 Å². The number of nitrogens with zero attached hydrogens (tertiary/aromatic N) is 1. The summed E-state index contributed by atoms with van der Waals surface area (Å²) in [4.78, 5) is 16.3. The van der Waals surface area contributed by atoms with Crippen molar-refractivity contribution in [2.75, 3.05) is 7.11 Å². The van der Waals surface area contributed by atoms with E-state index >= 15 is 0 Å². The average Bonchev–Trinajstić information content (AvgIpc) is 2.16. The molecule has 1 fully saturated rings. The van der Waals surface area contributed by atoms with Gasteiger partial charge in [0.1, 0.15) is 0 Å². The number of carbonyl (C=O) groups is 1. The van der Waals surface area contributed by atoms with E-state index in [9.17, 15) is 9.90 Å². The predicted octanol–water partition coefficient (Wildman–Crippen LogP) is 0.700. The molecule has 76 valence electrons. The molecule has 0 unspecified atom stereocenters. The van der Waals surface area contributed by atoms with Crippen molar-refractivity contribution in [2.24, 2.45) is 0 Å². The van der Waals surface area contributed by atoms with E-state index in [2.05, 4.69) is 0 Å². The Morgan fingerprint density at radius 1 is 1.77 bits per heavy atom. The molecule has 4 nitrogen and oxygen atoms in total. The second kappa shape index (κ2) is 4.58. The van der Waals surface area contributed by atoms with Crippen LogP contribution in [-0.4, -0.2) is 35.3 Å². The summed E-state index contributed by atoms with van der Waals surface area (Å²) in [6.45, 7) is 1.90. The topological polar surface area (TPSA) is 49.8 Å². The summed E-state index contributed by atoms with van der Waals surface area (Å²) in [5.41, 5.74) is 0. The van der Waals surface area contributed by atoms with Crippen LogP contribution >= 0.6 is 0 Å². The van der Waals surface area contributed by atoms with E-state index in [1.165, 1.54) is 12.2 Å². The second-order valence-corrected chi connectivity index (χ2v) is 3.34. The highest BCUT2D eigenvalue weighted by molar-refractivity contribution is 5.76. The summed E-state index contributed by atoms with van der Waals surface area (Å²) >= 11 is 0. The van der Waals surface area contributed by atoms with Gasteiger partial charge < -0.3 is 5.11 Å². The molecule has 1 aliphatic rings. The van der Waals surface area contributed by atoms with Crippen LogP contribution in [0.4, 0.5) is 0 Å². The first-order valence-electron chi connectivity index (χ1n) is 4.75. The largest absolute Gasteiger partial charge is 0.391 e. The Kier molecular flexibility index (Phi) is 3.69. The SMILES string of the molecule is CC[C@@H](O)[C@H]1CCCC(=O)N1OC. The van der Waals surface area contributed by atoms with Crippen LogP contribution in [0.1, 0.15) is 32.6 Å². The average molecular weight is 187 g/mol. The molecule has 0 radical (unpaired) electrons. The summed E-state index contributed by atoms with van der Waals surface area (Å²) in [5, 5.41) is 10.9. The summed E-state index contributed by atoms with van der Waals surface area (Å²) < 4.78 is 0. The Morgan fingerprint density at radius 3 is 3.00 bits per heavy atom. The normalized spacial score (nSPS) is 26.2. The molecular weight excluding hydrogens is 170 g/mol. The Morgan fingerprint density at radius 2 is 2.46 bits per heavy atom. The quantitative estimate of drug-likeness (QED) is 0.707. The number of amides is 1. The summed E-state index contributed by atoms with van der Waals surface area (Å²) in [7, 11) is 1.47. The molecule has 0 spiro atoms. The van der Waals surface area contributed by atoms with E-state index in [0.29, 0.717) is 12.8 Å². The molecular formula is C9H17NO3. The highest BCUT2D eigenvalue weighted by Crippen LogP contribution is 2.21. The van der Waals surface area contributed by atoms with Gasteiger partial charge in [-0.15, -0.1) is 0 Å². The minimum atomic E-state index is -0.468. The lowest BCUT2D eigenvalue weighted by Gasteiger charge is -2.35. The minimum Gasteiger partial charge on any atom is -0.391 e. The number of hydroxylamine groups is 2. The van der Waals surface area contributed by atoms with Crippen LogP contribution in [0, 0.1) is 0 Å². The van der Waals surface area contributed by atoms with Crippen molar-refractivity contribution in [3.8, 4) is 0 Å². The van der Waals surface area contributed by atoms with Crippen molar-refractivity contribution >= 4 is 5.91 Å². The van der Waals surface area contributed by atoms with Gasteiger partial charge in [-0.25, -0.2) is 5.06 Å². The number of hydrogen-bond donors (Lipinski definition) is 1. The first kappa shape index (κ1) is 10.5. The van der Waals surface area contributed by atoms with Gasteiger partial charge >= 0.3 is 0 Å². The van der Waals surface area contributed by atoms with E-state index in [0.717, 1.165) is 12.8 Å². The first-order chi connectivity index (χ1) is 6.20. The second-order valence-electron chi connectivity index (χ2n) is 3.34. The molecule has 0 saturated carbocycles. The molecule has 1 rings (SSSR count). The Balaban J connectivity index is 2.64. The lowest BCUT2D eigenvalue weighted by molar-refractivity contribution is -0.206. The number of hydrogen-bond acceptors (Lipinski definition) is 3. The van der Waals surface area contributed by atoms with E-state index in [4.69, 9.17) is 4.84 Å². The number of carbonyl (C=O) groups excluding carboxylic acids is 1. The van der Waals surface area contributed by atoms with Gasteiger partial charge in [-0.1, -0.05) is 6.92 Å². The van der Waals surface area contributed by atoms with Gasteiger partial charge in [0.2, 0.25) is 5.91 Å². The molecule has 1 heterocycles. The Labute approximate surface area is 78.4 Å². The lowest BCUT2D eigenvalue weighted by Crippen LogP contribution is -2.48. The van der Waals surface area contributed by atoms with Crippen molar-refractivity contribution in [1.29, 1.82) is 0 Å². The fourth-order valence-electron chi connectivity index (χ4n) is 1.73. The zero-order valence-electron chi connectivity index (χ0n) is 8.19. The van der Waals surface area contributed by atoms with E-state index in [1.54, 1.807) is 0 Å². The molecule has 1 saturated heterocycles. The van der Waals surface area contributed by atoms with Crippen LogP contribution < -0.4 is 0 Å². The predicted molar refractivity (Wildman–Crippen MR) is 47.8 cm³/mol. The zero-order valence-corrected chi connectivity index (χ0v) is 8.19. The Hall–Kier alpha value is -0.610. The summed E-state index contributed by atoms with van der Waals surface area (Å²) in [6.07, 6.45) is 2.39.